The lowest BCUT2D eigenvalue weighted by molar-refractivity contribution is 0.399. The van der Waals surface area contributed by atoms with Gasteiger partial charge < -0.3 is 15.0 Å². The second-order valence-corrected chi connectivity index (χ2v) is 4.41. The average Bonchev–Trinajstić information content (AvgIpc) is 2.47. The number of fused-ring (bicyclic) bond motifs is 1. The first-order chi connectivity index (χ1) is 9.29. The molecule has 1 fully saturated rings. The van der Waals surface area contributed by atoms with Crippen LogP contribution in [0.5, 0.6) is 5.88 Å². The Hall–Kier alpha value is -1.95. The molecule has 100 valence electrons. The molecule has 1 aliphatic rings. The molecule has 1 aliphatic heterocycles. The minimum absolute atomic E-state index is 0.338. The number of rotatable bonds is 2. The fourth-order valence-electron chi connectivity index (χ4n) is 2.32. The largest absolute Gasteiger partial charge is 0.481 e. The first kappa shape index (κ1) is 12.1. The van der Waals surface area contributed by atoms with Crippen LogP contribution in [0.4, 0.5) is 10.1 Å². The molecule has 0 atom stereocenters. The number of anilines is 1. The lowest BCUT2D eigenvalue weighted by Gasteiger charge is -2.30. The normalized spacial score (nSPS) is 15.8. The van der Waals surface area contributed by atoms with E-state index >= 15 is 0 Å². The molecule has 0 saturated carbocycles. The van der Waals surface area contributed by atoms with E-state index in [1.165, 1.54) is 6.20 Å². The molecule has 1 saturated heterocycles. The summed E-state index contributed by atoms with van der Waals surface area (Å²) in [6, 6.07) is 3.53. The van der Waals surface area contributed by atoms with Crippen LogP contribution in [-0.4, -0.2) is 43.3 Å². The molecule has 2 aromatic rings. The zero-order chi connectivity index (χ0) is 13.2. The quantitative estimate of drug-likeness (QED) is 0.881. The number of aromatic nitrogens is 2. The van der Waals surface area contributed by atoms with Gasteiger partial charge in [-0.25, -0.2) is 9.37 Å². The second kappa shape index (κ2) is 4.97. The van der Waals surface area contributed by atoms with Crippen LogP contribution < -0.4 is 15.0 Å². The molecule has 0 radical (unpaired) electrons. The minimum atomic E-state index is -0.338. The Balaban J connectivity index is 2.16. The van der Waals surface area contributed by atoms with Gasteiger partial charge in [-0.3, -0.25) is 4.98 Å². The Morgan fingerprint density at radius 2 is 2.11 bits per heavy atom. The molecule has 0 spiro atoms. The van der Waals surface area contributed by atoms with E-state index in [0.29, 0.717) is 22.6 Å². The van der Waals surface area contributed by atoms with Crippen molar-refractivity contribution in [3.8, 4) is 5.88 Å². The second-order valence-electron chi connectivity index (χ2n) is 4.41. The van der Waals surface area contributed by atoms with Gasteiger partial charge in [-0.15, -0.1) is 0 Å². The van der Waals surface area contributed by atoms with Crippen molar-refractivity contribution in [1.29, 1.82) is 0 Å². The Morgan fingerprint density at radius 1 is 1.32 bits per heavy atom. The van der Waals surface area contributed by atoms with Crippen molar-refractivity contribution < 1.29 is 9.13 Å². The topological polar surface area (TPSA) is 50.3 Å². The van der Waals surface area contributed by atoms with Crippen molar-refractivity contribution in [3.63, 3.8) is 0 Å². The summed E-state index contributed by atoms with van der Waals surface area (Å²) >= 11 is 0. The number of ether oxygens (including phenoxy) is 1. The van der Waals surface area contributed by atoms with Gasteiger partial charge in [0.1, 0.15) is 11.2 Å². The predicted molar refractivity (Wildman–Crippen MR) is 71.1 cm³/mol. The van der Waals surface area contributed by atoms with E-state index in [-0.39, 0.29) is 5.82 Å². The summed E-state index contributed by atoms with van der Waals surface area (Å²) in [6.07, 6.45) is 1.26. The molecule has 6 heteroatoms. The van der Waals surface area contributed by atoms with Crippen LogP contribution in [-0.2, 0) is 0 Å². The van der Waals surface area contributed by atoms with Gasteiger partial charge in [0.25, 0.3) is 0 Å². The third kappa shape index (κ3) is 2.19. The van der Waals surface area contributed by atoms with Crippen LogP contribution in [0, 0.1) is 5.82 Å². The number of nitrogens with zero attached hydrogens (tertiary/aromatic N) is 3. The van der Waals surface area contributed by atoms with Gasteiger partial charge in [-0.1, -0.05) is 0 Å². The zero-order valence-corrected chi connectivity index (χ0v) is 10.7. The molecule has 3 heterocycles. The summed E-state index contributed by atoms with van der Waals surface area (Å²) in [7, 11) is 1.55. The van der Waals surface area contributed by atoms with E-state index in [1.807, 2.05) is 4.90 Å². The van der Waals surface area contributed by atoms with Gasteiger partial charge >= 0.3 is 0 Å². The maximum absolute atomic E-state index is 14.1. The number of pyridine rings is 2. The standard InChI is InChI=1S/C13H15FN4O/c1-19-11-3-2-10-12(17-11)13(9(14)8-16-10)18-6-4-15-5-7-18/h2-3,8,15H,4-7H2,1H3. The van der Waals surface area contributed by atoms with Crippen LogP contribution >= 0.6 is 0 Å². The first-order valence-electron chi connectivity index (χ1n) is 6.24. The van der Waals surface area contributed by atoms with Gasteiger partial charge in [0, 0.05) is 32.2 Å². The van der Waals surface area contributed by atoms with E-state index in [2.05, 4.69) is 15.3 Å². The molecule has 19 heavy (non-hydrogen) atoms. The molecule has 3 rings (SSSR count). The molecular formula is C13H15FN4O. The number of methoxy groups -OCH3 is 1. The molecule has 1 N–H and O–H groups in total. The number of hydrogen-bond acceptors (Lipinski definition) is 5. The highest BCUT2D eigenvalue weighted by Crippen LogP contribution is 2.28. The highest BCUT2D eigenvalue weighted by molar-refractivity contribution is 5.88. The molecular weight excluding hydrogens is 247 g/mol. The summed E-state index contributed by atoms with van der Waals surface area (Å²) in [4.78, 5) is 10.4. The fourth-order valence-corrected chi connectivity index (χ4v) is 2.32. The molecule has 0 unspecified atom stereocenters. The van der Waals surface area contributed by atoms with Crippen molar-refractivity contribution >= 4 is 16.7 Å². The zero-order valence-electron chi connectivity index (χ0n) is 10.7. The molecule has 0 bridgehead atoms. The van der Waals surface area contributed by atoms with Crippen molar-refractivity contribution in [1.82, 2.24) is 15.3 Å². The van der Waals surface area contributed by atoms with Crippen molar-refractivity contribution in [2.75, 3.05) is 38.2 Å². The van der Waals surface area contributed by atoms with Crippen molar-refractivity contribution in [3.05, 3.63) is 24.1 Å². The van der Waals surface area contributed by atoms with E-state index in [0.717, 1.165) is 26.2 Å². The fraction of sp³-hybridized carbons (Fsp3) is 0.385. The molecule has 0 aromatic carbocycles. The number of halogens is 1. The van der Waals surface area contributed by atoms with Crippen LogP contribution in [0.3, 0.4) is 0 Å². The van der Waals surface area contributed by atoms with Crippen LogP contribution in [0.15, 0.2) is 18.3 Å². The number of hydrogen-bond donors (Lipinski definition) is 1. The Kier molecular flexibility index (Phi) is 3.16. The summed E-state index contributed by atoms with van der Waals surface area (Å²) in [6.45, 7) is 3.20. The Bertz CT molecular complexity index is 598. The van der Waals surface area contributed by atoms with Crippen molar-refractivity contribution in [2.45, 2.75) is 0 Å². The van der Waals surface area contributed by atoms with E-state index in [1.54, 1.807) is 19.2 Å². The van der Waals surface area contributed by atoms with E-state index in [9.17, 15) is 4.39 Å². The lowest BCUT2D eigenvalue weighted by atomic mass is 10.2. The van der Waals surface area contributed by atoms with Crippen LogP contribution in [0.25, 0.3) is 11.0 Å². The van der Waals surface area contributed by atoms with Gasteiger partial charge in [-0.2, -0.15) is 0 Å². The lowest BCUT2D eigenvalue weighted by Crippen LogP contribution is -2.44. The van der Waals surface area contributed by atoms with Gasteiger partial charge in [-0.05, 0) is 6.07 Å². The van der Waals surface area contributed by atoms with Gasteiger partial charge in [0.2, 0.25) is 5.88 Å². The highest BCUT2D eigenvalue weighted by Gasteiger charge is 2.19. The summed E-state index contributed by atoms with van der Waals surface area (Å²) in [5.74, 6) is 0.131. The third-order valence-electron chi connectivity index (χ3n) is 3.26. The predicted octanol–water partition coefficient (Wildman–Crippen LogP) is 1.19. The third-order valence-corrected chi connectivity index (χ3v) is 3.26. The molecule has 0 aliphatic carbocycles. The maximum Gasteiger partial charge on any atom is 0.213 e. The summed E-state index contributed by atoms with van der Waals surface area (Å²) in [5, 5.41) is 3.25. The summed E-state index contributed by atoms with van der Waals surface area (Å²) in [5.41, 5.74) is 1.75. The SMILES string of the molecule is COc1ccc2ncc(F)c(N3CCNCC3)c2n1. The van der Waals surface area contributed by atoms with Crippen LogP contribution in [0.2, 0.25) is 0 Å². The van der Waals surface area contributed by atoms with Gasteiger partial charge in [0.05, 0.1) is 18.8 Å². The maximum atomic E-state index is 14.1. The van der Waals surface area contributed by atoms with E-state index in [4.69, 9.17) is 4.74 Å². The molecule has 5 nitrogen and oxygen atoms in total. The van der Waals surface area contributed by atoms with Crippen molar-refractivity contribution in [2.24, 2.45) is 0 Å². The number of piperazine rings is 1. The van der Waals surface area contributed by atoms with Gasteiger partial charge in [0.15, 0.2) is 5.82 Å². The average molecular weight is 262 g/mol. The summed E-state index contributed by atoms with van der Waals surface area (Å²) < 4.78 is 19.2. The number of nitrogens with one attached hydrogen (secondary N) is 1. The Labute approximate surface area is 110 Å². The molecule has 2 aromatic heterocycles. The van der Waals surface area contributed by atoms with E-state index < -0.39 is 0 Å². The molecule has 0 amide bonds. The highest BCUT2D eigenvalue weighted by atomic mass is 19.1. The first-order valence-corrected chi connectivity index (χ1v) is 6.24. The minimum Gasteiger partial charge on any atom is -0.481 e. The monoisotopic (exact) mass is 262 g/mol. The van der Waals surface area contributed by atoms with Crippen LogP contribution in [0.1, 0.15) is 0 Å². The smallest absolute Gasteiger partial charge is 0.213 e. The Morgan fingerprint density at radius 3 is 2.84 bits per heavy atom.